The first-order valence-electron chi connectivity index (χ1n) is 16.2. The first-order valence-corrected chi connectivity index (χ1v) is 16.2. The molecule has 0 radical (unpaired) electrons. The molecule has 3 aromatic rings. The number of ether oxygens (including phenoxy) is 1. The molecule has 260 valence electrons. The molecule has 0 unspecified atom stereocenters. The summed E-state index contributed by atoms with van der Waals surface area (Å²) in [5, 5.41) is 19.6. The summed E-state index contributed by atoms with van der Waals surface area (Å²) in [5.74, 6) is -2.86. The van der Waals surface area contributed by atoms with Crippen molar-refractivity contribution < 1.29 is 33.8 Å². The van der Waals surface area contributed by atoms with Crippen LogP contribution in [-0.2, 0) is 49.8 Å². The summed E-state index contributed by atoms with van der Waals surface area (Å²) < 4.78 is 5.23. The minimum atomic E-state index is -1.80. The van der Waals surface area contributed by atoms with Gasteiger partial charge in [-0.05, 0) is 62.3 Å². The number of benzene rings is 3. The number of hydrogen-bond donors (Lipinski definition) is 5. The van der Waals surface area contributed by atoms with Crippen LogP contribution in [0, 0.1) is 0 Å². The van der Waals surface area contributed by atoms with Gasteiger partial charge in [0.05, 0.1) is 19.0 Å². The van der Waals surface area contributed by atoms with Crippen molar-refractivity contribution in [1.29, 1.82) is 0 Å². The molecule has 0 saturated carbocycles. The zero-order chi connectivity index (χ0) is 35.6. The normalized spacial score (nSPS) is 14.4. The lowest BCUT2D eigenvalue weighted by Crippen LogP contribution is -2.59. The summed E-state index contributed by atoms with van der Waals surface area (Å²) in [6.07, 6.45) is -2.32. The highest BCUT2D eigenvalue weighted by atomic mass is 16.5. The van der Waals surface area contributed by atoms with E-state index < -0.39 is 65.9 Å². The molecule has 12 heteroatoms. The van der Waals surface area contributed by atoms with Gasteiger partial charge in [0, 0.05) is 11.6 Å². The molecule has 0 spiro atoms. The Balaban J connectivity index is 1.56. The maximum absolute atomic E-state index is 14.2. The quantitative estimate of drug-likeness (QED) is 0.174. The lowest BCUT2D eigenvalue weighted by molar-refractivity contribution is -0.148. The van der Waals surface area contributed by atoms with Gasteiger partial charge in [0.15, 0.2) is 6.10 Å². The van der Waals surface area contributed by atoms with Crippen LogP contribution in [0.25, 0.3) is 0 Å². The Morgan fingerprint density at radius 3 is 1.96 bits per heavy atom. The molecular formula is C37H45N5O7. The molecule has 0 heterocycles. The summed E-state index contributed by atoms with van der Waals surface area (Å²) in [6.45, 7) is 5.10. The Labute approximate surface area is 286 Å². The standard InChI is InChI=1S/C37H45N5O7/c1-37(2,3)41-32(44)22-42(28-19-26-16-10-11-17-27(26)20-28)35(47)33(45)29(18-24-12-6-4-7-13-24)39-34(46)30(21-31(38)43)40-36(48)49-23-25-14-8-5-9-15-25/h4-17,28-30,33,45H,18-23H2,1-3H3,(H2,38,43)(H,39,46)(H,40,48)(H,41,44)/t29-,30-,33-/m0/s1. The average molecular weight is 672 g/mol. The van der Waals surface area contributed by atoms with Crippen molar-refractivity contribution in [3.05, 3.63) is 107 Å². The van der Waals surface area contributed by atoms with Crippen LogP contribution in [0.2, 0.25) is 0 Å². The van der Waals surface area contributed by atoms with E-state index in [-0.39, 0.29) is 19.6 Å². The number of hydrogen-bond acceptors (Lipinski definition) is 7. The summed E-state index contributed by atoms with van der Waals surface area (Å²) in [5.41, 5.74) is 8.36. The van der Waals surface area contributed by atoms with Crippen molar-refractivity contribution in [2.75, 3.05) is 6.54 Å². The molecule has 0 bridgehead atoms. The topological polar surface area (TPSA) is 180 Å². The van der Waals surface area contributed by atoms with Crippen LogP contribution in [0.4, 0.5) is 4.79 Å². The molecule has 0 fully saturated rings. The zero-order valence-corrected chi connectivity index (χ0v) is 28.1. The number of primary amides is 1. The summed E-state index contributed by atoms with van der Waals surface area (Å²) in [7, 11) is 0. The van der Waals surface area contributed by atoms with Gasteiger partial charge in [-0.1, -0.05) is 84.9 Å². The molecule has 1 aliphatic carbocycles. The number of alkyl carbamates (subject to hydrolysis) is 1. The lowest BCUT2D eigenvalue weighted by atomic mass is 9.98. The maximum Gasteiger partial charge on any atom is 0.408 e. The van der Waals surface area contributed by atoms with Crippen LogP contribution < -0.4 is 21.7 Å². The summed E-state index contributed by atoms with van der Waals surface area (Å²) in [4.78, 5) is 67.0. The molecule has 3 atom stereocenters. The number of rotatable bonds is 14. The molecular weight excluding hydrogens is 626 g/mol. The molecule has 5 amide bonds. The van der Waals surface area contributed by atoms with Crippen LogP contribution in [0.5, 0.6) is 0 Å². The van der Waals surface area contributed by atoms with E-state index in [1.165, 1.54) is 4.90 Å². The number of nitrogens with two attached hydrogens (primary N) is 1. The van der Waals surface area contributed by atoms with E-state index in [0.717, 1.165) is 11.1 Å². The van der Waals surface area contributed by atoms with E-state index in [9.17, 15) is 29.1 Å². The molecule has 49 heavy (non-hydrogen) atoms. The third-order valence-corrected chi connectivity index (χ3v) is 8.07. The van der Waals surface area contributed by atoms with Gasteiger partial charge in [0.1, 0.15) is 12.6 Å². The van der Waals surface area contributed by atoms with E-state index in [4.69, 9.17) is 10.5 Å². The van der Waals surface area contributed by atoms with Crippen molar-refractivity contribution in [2.45, 2.75) is 82.8 Å². The monoisotopic (exact) mass is 671 g/mol. The van der Waals surface area contributed by atoms with Crippen LogP contribution in [0.3, 0.4) is 0 Å². The summed E-state index contributed by atoms with van der Waals surface area (Å²) >= 11 is 0. The first-order chi connectivity index (χ1) is 23.3. The highest BCUT2D eigenvalue weighted by Crippen LogP contribution is 2.26. The minimum Gasteiger partial charge on any atom is -0.445 e. The predicted octanol–water partition coefficient (Wildman–Crippen LogP) is 2.16. The van der Waals surface area contributed by atoms with Gasteiger partial charge < -0.3 is 36.4 Å². The molecule has 1 aliphatic rings. The third-order valence-electron chi connectivity index (χ3n) is 8.07. The first kappa shape index (κ1) is 36.6. The van der Waals surface area contributed by atoms with Crippen LogP contribution in [0.1, 0.15) is 49.4 Å². The predicted molar refractivity (Wildman–Crippen MR) is 183 cm³/mol. The second-order valence-corrected chi connectivity index (χ2v) is 13.3. The maximum atomic E-state index is 14.2. The number of aliphatic hydroxyl groups excluding tert-OH is 1. The number of carbonyl (C=O) groups is 5. The van der Waals surface area contributed by atoms with E-state index in [1.54, 1.807) is 54.6 Å². The van der Waals surface area contributed by atoms with Crippen LogP contribution >= 0.6 is 0 Å². The van der Waals surface area contributed by atoms with Gasteiger partial charge in [0.25, 0.3) is 5.91 Å². The number of aliphatic hydroxyl groups is 1. The van der Waals surface area contributed by atoms with Crippen molar-refractivity contribution in [1.82, 2.24) is 20.9 Å². The van der Waals surface area contributed by atoms with E-state index >= 15 is 0 Å². The van der Waals surface area contributed by atoms with Gasteiger partial charge in [0.2, 0.25) is 17.7 Å². The number of nitrogens with zero attached hydrogens (tertiary/aromatic N) is 1. The largest absolute Gasteiger partial charge is 0.445 e. The SMILES string of the molecule is CC(C)(C)NC(=O)CN(C(=O)[C@@H](O)[C@H](Cc1ccccc1)NC(=O)[C@H](CC(N)=O)NC(=O)OCc1ccccc1)C1Cc2ccccc2C1. The molecule has 4 rings (SSSR count). The van der Waals surface area contributed by atoms with Crippen molar-refractivity contribution in [3.63, 3.8) is 0 Å². The Bertz CT molecular complexity index is 1590. The van der Waals surface area contributed by atoms with Gasteiger partial charge >= 0.3 is 6.09 Å². The van der Waals surface area contributed by atoms with Gasteiger partial charge in [-0.25, -0.2) is 4.79 Å². The number of nitrogens with one attached hydrogen (secondary N) is 3. The van der Waals surface area contributed by atoms with Gasteiger partial charge in [-0.3, -0.25) is 19.2 Å². The number of carbonyl (C=O) groups excluding carboxylic acids is 5. The molecule has 12 nitrogen and oxygen atoms in total. The number of amides is 5. The fourth-order valence-electron chi connectivity index (χ4n) is 5.81. The van der Waals surface area contributed by atoms with Gasteiger partial charge in [-0.15, -0.1) is 0 Å². The second-order valence-electron chi connectivity index (χ2n) is 13.3. The van der Waals surface area contributed by atoms with Crippen molar-refractivity contribution in [3.8, 4) is 0 Å². The average Bonchev–Trinajstić information content (AvgIpc) is 3.49. The Morgan fingerprint density at radius 2 is 1.41 bits per heavy atom. The van der Waals surface area contributed by atoms with Gasteiger partial charge in [-0.2, -0.15) is 0 Å². The van der Waals surface area contributed by atoms with Crippen molar-refractivity contribution >= 4 is 29.7 Å². The highest BCUT2D eigenvalue weighted by molar-refractivity contribution is 5.92. The molecule has 0 aliphatic heterocycles. The fourth-order valence-corrected chi connectivity index (χ4v) is 5.81. The van der Waals surface area contributed by atoms with E-state index in [2.05, 4.69) is 16.0 Å². The molecule has 0 aromatic heterocycles. The Morgan fingerprint density at radius 1 is 0.857 bits per heavy atom. The Hall–Kier alpha value is -5.23. The third kappa shape index (κ3) is 11.2. The van der Waals surface area contributed by atoms with Crippen molar-refractivity contribution in [2.24, 2.45) is 5.73 Å². The smallest absolute Gasteiger partial charge is 0.408 e. The Kier molecular flexibility index (Phi) is 12.5. The lowest BCUT2D eigenvalue weighted by Gasteiger charge is -2.34. The van der Waals surface area contributed by atoms with Crippen LogP contribution in [-0.4, -0.2) is 76.0 Å². The number of fused-ring (bicyclic) bond motifs is 1. The zero-order valence-electron chi connectivity index (χ0n) is 28.1. The second kappa shape index (κ2) is 16.7. The molecule has 6 N–H and O–H groups in total. The fraction of sp³-hybridized carbons (Fsp3) is 0.378. The van der Waals surface area contributed by atoms with E-state index in [1.807, 2.05) is 51.1 Å². The highest BCUT2D eigenvalue weighted by Gasteiger charge is 2.39. The molecule has 0 saturated heterocycles. The summed E-state index contributed by atoms with van der Waals surface area (Å²) in [6, 6.07) is 22.5. The minimum absolute atomic E-state index is 0.0220. The van der Waals surface area contributed by atoms with Crippen LogP contribution in [0.15, 0.2) is 84.9 Å². The molecule has 3 aromatic carbocycles. The van der Waals surface area contributed by atoms with E-state index in [0.29, 0.717) is 24.0 Å².